The average Bonchev–Trinajstić information content (AvgIpc) is 1.64. The van der Waals surface area contributed by atoms with Gasteiger partial charge < -0.3 is 107 Å². The fraction of sp³-hybridized carbons (Fsp3) is 0.407. The lowest BCUT2D eigenvalue weighted by molar-refractivity contribution is -0.432. The Morgan fingerprint density at radius 3 is 1.38 bits per heavy atom. The van der Waals surface area contributed by atoms with Gasteiger partial charge in [0.05, 0.1) is 49.8 Å². The summed E-state index contributed by atoms with van der Waals surface area (Å²) in [6.45, 7) is -1.70. The second-order valence-electron chi connectivity index (χ2n) is 29.1. The van der Waals surface area contributed by atoms with Crippen LogP contribution in [-0.4, -0.2) is 233 Å². The zero-order chi connectivity index (χ0) is 91.3. The number of carboxylic acid groups (broad SMARTS) is 2. The first-order valence-electron chi connectivity index (χ1n) is 40.3. The molecule has 0 bridgehead atoms. The molecule has 2 aliphatic heterocycles. The lowest BCUT2D eigenvalue weighted by Crippen LogP contribution is -2.58. The van der Waals surface area contributed by atoms with Gasteiger partial charge in [-0.05, 0) is 106 Å². The molecule has 2 saturated heterocycles. The summed E-state index contributed by atoms with van der Waals surface area (Å²) in [6, 6.07) is 19.7. The smallest absolute Gasteiger partial charge is 0.305 e. The molecular weight excluding hydrogens is 1660 g/mol. The van der Waals surface area contributed by atoms with Gasteiger partial charge in [0, 0.05) is 68.5 Å². The van der Waals surface area contributed by atoms with Crippen molar-refractivity contribution in [2.75, 3.05) is 44.7 Å². The summed E-state index contributed by atoms with van der Waals surface area (Å²) in [6.07, 6.45) is -0.665. The van der Waals surface area contributed by atoms with Crippen molar-refractivity contribution in [2.45, 2.75) is 174 Å². The van der Waals surface area contributed by atoms with Gasteiger partial charge in [-0.2, -0.15) is 5.10 Å². The molecule has 10 atom stereocenters. The van der Waals surface area contributed by atoms with Gasteiger partial charge in [0.25, 0.3) is 5.91 Å². The number of carboxylic acids is 2. The van der Waals surface area contributed by atoms with Gasteiger partial charge in [0.2, 0.25) is 76.8 Å². The molecule has 0 saturated carbocycles. The highest BCUT2D eigenvalue weighted by molar-refractivity contribution is 7.94. The Bertz CT molecular complexity index is 4620. The number of anilines is 1. The molecule has 26 N–H and O–H groups in total. The predicted molar refractivity (Wildman–Crippen MR) is 453 cm³/mol. The number of nitrogens with zero attached hydrogens (tertiary/aromatic N) is 2. The van der Waals surface area contributed by atoms with Crippen LogP contribution in [0.25, 0.3) is 0 Å². The van der Waals surface area contributed by atoms with Crippen molar-refractivity contribution in [3.05, 3.63) is 161 Å². The normalized spacial score (nSPS) is 19.2. The highest BCUT2D eigenvalue weighted by atomic mass is 32.2. The van der Waals surface area contributed by atoms with Crippen LogP contribution in [0.5, 0.6) is 0 Å². The van der Waals surface area contributed by atoms with E-state index >= 15 is 0 Å². The van der Waals surface area contributed by atoms with E-state index in [0.717, 1.165) is 12.0 Å². The topological polar surface area (TPSA) is 682 Å². The van der Waals surface area contributed by atoms with Crippen molar-refractivity contribution in [1.29, 1.82) is 10.8 Å². The van der Waals surface area contributed by atoms with Gasteiger partial charge >= 0.3 is 11.9 Å². The summed E-state index contributed by atoms with van der Waals surface area (Å²) >= 11 is 0.717. The molecule has 2 aliphatic rings. The standard InChI is InChI=1S/C81H105N23O21S/c82-80(83)88-36-16-27-52-71(114)91-45-65(106)94-60(41-67(108)109)78(121)102-58(39-48-20-6-2-7-21-48)76(119)98-54(73(116)96-52)25-12-14-34-86-64(105)33-31-56(100-75(118)57(38-47-18-4-1-5-19-47)101-69(112)51-30-32-63(90-43-51)104-93-44-50-24-10-11-29-62(50)126-125-124-123)70(113)87-35-15-13-26-55-74(117)97-53(28-17-37-89-81(84)85)72(115)92-46-66(107)95-61(42-68(110)111)79(122)103-59(77(120)99-55)40-49-22-8-3-9-23-49/h1-11,18-24,29-30,32,43-44,52-61,123H,12-17,25-28,31,33-42,45-46H2,(H,86,105)(H,87,113)(H,90,104)(H,91,114)(H,92,115)(H,94,106)(H,95,107)(H,96,116)(H,97,117)(H,98,119)(H,99,120)(H,100,118)(H,101,112)(H,102,121)(H,103,122)(H,108,109)(H,110,111)(H4,82,83,88)(H4,84,85,89)/t52-,53-,54?,55-,56?,57-,58+,59+,60-,61-/m0/s1. The molecule has 0 spiro atoms. The van der Waals surface area contributed by atoms with Crippen LogP contribution in [0.1, 0.15) is 123 Å². The molecule has 1 aromatic heterocycles. The zero-order valence-electron chi connectivity index (χ0n) is 68.5. The van der Waals surface area contributed by atoms with Crippen LogP contribution in [-0.2, 0) is 101 Å². The first kappa shape index (κ1) is 98.9. The molecule has 0 radical (unpaired) electrons. The summed E-state index contributed by atoms with van der Waals surface area (Å²) in [7, 11) is 0. The molecule has 0 aliphatic carbocycles. The summed E-state index contributed by atoms with van der Waals surface area (Å²) in [4.78, 5) is 226. The number of nitrogens with two attached hydrogens (primary N) is 2. The fourth-order valence-corrected chi connectivity index (χ4v) is 13.4. The Balaban J connectivity index is 1.12. The number of unbranched alkanes of at least 4 members (excludes halogenated alkanes) is 2. The highest BCUT2D eigenvalue weighted by Gasteiger charge is 2.37. The minimum atomic E-state index is -1.75. The fourth-order valence-electron chi connectivity index (χ4n) is 12.9. The molecule has 44 nitrogen and oxygen atoms in total. The Morgan fingerprint density at radius 1 is 0.484 bits per heavy atom. The number of hydrogen-bond acceptors (Lipinski definition) is 25. The first-order chi connectivity index (χ1) is 60.5. The molecule has 2 fully saturated rings. The molecule has 3 heterocycles. The van der Waals surface area contributed by atoms with E-state index in [0.29, 0.717) is 27.1 Å². The second-order valence-corrected chi connectivity index (χ2v) is 29.8. The van der Waals surface area contributed by atoms with Crippen LogP contribution < -0.4 is 102 Å². The number of rotatable bonds is 42. The number of guanidine groups is 2. The van der Waals surface area contributed by atoms with E-state index in [9.17, 15) is 86.9 Å². The molecule has 2 unspecified atom stereocenters. The van der Waals surface area contributed by atoms with Crippen LogP contribution in [0.2, 0.25) is 0 Å². The van der Waals surface area contributed by atoms with Crippen molar-refractivity contribution in [2.24, 2.45) is 16.6 Å². The van der Waals surface area contributed by atoms with Gasteiger partial charge in [-0.15, -0.1) is 4.33 Å². The number of nitrogens with one attached hydrogen (secondary N) is 19. The number of amides is 14. The van der Waals surface area contributed by atoms with Gasteiger partial charge in [0.15, 0.2) is 11.9 Å². The Labute approximate surface area is 726 Å². The number of aliphatic carboxylic acids is 2. The minimum Gasteiger partial charge on any atom is -0.481 e. The number of hydrazone groups is 1. The van der Waals surface area contributed by atoms with Crippen molar-refractivity contribution >= 4 is 131 Å². The van der Waals surface area contributed by atoms with Gasteiger partial charge in [-0.25, -0.2) is 10.2 Å². The third kappa shape index (κ3) is 36.1. The van der Waals surface area contributed by atoms with E-state index in [4.69, 9.17) is 27.5 Å². The summed E-state index contributed by atoms with van der Waals surface area (Å²) in [5.74, 6) is -16.2. The lowest BCUT2D eigenvalue weighted by Gasteiger charge is -2.26. The van der Waals surface area contributed by atoms with E-state index in [1.165, 1.54) is 24.5 Å². The van der Waals surface area contributed by atoms with Crippen LogP contribution >= 0.6 is 12.0 Å². The molecule has 14 amide bonds. The number of hydrogen-bond donors (Lipinski definition) is 24. The molecule has 126 heavy (non-hydrogen) atoms. The minimum absolute atomic E-state index is 0.0121. The quantitative estimate of drug-likeness (QED) is 0.00470. The van der Waals surface area contributed by atoms with Gasteiger partial charge in [-0.3, -0.25) is 93.0 Å². The molecule has 45 heteroatoms. The van der Waals surface area contributed by atoms with Gasteiger partial charge in [-0.1, -0.05) is 114 Å². The van der Waals surface area contributed by atoms with E-state index in [-0.39, 0.29) is 133 Å². The van der Waals surface area contributed by atoms with E-state index in [2.05, 4.69) is 110 Å². The third-order valence-electron chi connectivity index (χ3n) is 19.4. The lowest BCUT2D eigenvalue weighted by atomic mass is 10.0. The molecule has 676 valence electrons. The first-order valence-corrected chi connectivity index (χ1v) is 41.1. The Hall–Kier alpha value is -14.2. The third-order valence-corrected chi connectivity index (χ3v) is 20.1. The summed E-state index contributed by atoms with van der Waals surface area (Å²) < 4.78 is 4.56. The van der Waals surface area contributed by atoms with Crippen molar-refractivity contribution in [3.63, 3.8) is 0 Å². The van der Waals surface area contributed by atoms with Crippen LogP contribution in [0.4, 0.5) is 5.82 Å². The van der Waals surface area contributed by atoms with Crippen molar-refractivity contribution < 1.29 is 102 Å². The van der Waals surface area contributed by atoms with Crippen LogP contribution in [0, 0.1) is 10.8 Å². The molecule has 7 rings (SSSR count). The summed E-state index contributed by atoms with van der Waals surface area (Å²) in [5.41, 5.74) is 15.8. The largest absolute Gasteiger partial charge is 0.481 e. The number of carbonyl (C=O) groups is 16. The maximum absolute atomic E-state index is 14.9. The number of aromatic nitrogens is 1. The number of pyridine rings is 1. The Kier molecular flexibility index (Phi) is 41.6. The SMILES string of the molecule is N=C(N)NCCC[C@@H]1NC(=O)C(CCCCNC(=O)CCC(NC(=O)[C@H](Cc2ccccc2)NC(=O)c2ccc(NN=Cc3ccccc3SOOO)nc2)C(=O)NCCCC[C@@H]2NC(=O)[C@@H](Cc3ccccc3)NC(=O)[C@H](CC(=O)O)NC(=O)CNC(=O)[C@H](CCCNC(=N)N)NC2=O)NC(=O)[C@@H](Cc2ccccc2)NC(=O)[C@H](CC(=O)O)NC(=O)CNC1=O. The monoisotopic (exact) mass is 1770 g/mol. The average molecular weight is 1770 g/mol. The maximum atomic E-state index is 14.9. The van der Waals surface area contributed by atoms with Gasteiger partial charge in [0.1, 0.15) is 66.2 Å². The zero-order valence-corrected chi connectivity index (χ0v) is 69.3. The van der Waals surface area contributed by atoms with E-state index in [1.54, 1.807) is 115 Å². The molecule has 5 aromatic rings. The maximum Gasteiger partial charge on any atom is 0.305 e. The van der Waals surface area contributed by atoms with Crippen LogP contribution in [0.3, 0.4) is 0 Å². The number of benzene rings is 4. The van der Waals surface area contributed by atoms with E-state index in [1.807, 2.05) is 0 Å². The number of carbonyl (C=O) groups excluding carboxylic acids is 14. The van der Waals surface area contributed by atoms with E-state index < -0.39 is 194 Å². The summed E-state index contributed by atoms with van der Waals surface area (Å²) in [5, 5.41) is 92.3. The van der Waals surface area contributed by atoms with Crippen molar-refractivity contribution in [3.8, 4) is 0 Å². The second kappa shape index (κ2) is 53.0. The van der Waals surface area contributed by atoms with Crippen molar-refractivity contribution in [1.82, 2.24) is 90.1 Å². The Morgan fingerprint density at radius 2 is 0.913 bits per heavy atom. The molecular formula is C81H105N23O21S. The predicted octanol–water partition coefficient (Wildman–Crippen LogP) is -2.77. The highest BCUT2D eigenvalue weighted by Crippen LogP contribution is 2.23. The molecule has 4 aromatic carbocycles. The van der Waals surface area contributed by atoms with Crippen LogP contribution in [0.15, 0.2) is 144 Å².